The molecule has 0 saturated heterocycles. The van der Waals surface area contributed by atoms with E-state index >= 15 is 0 Å². The van der Waals surface area contributed by atoms with E-state index in [1.54, 1.807) is 0 Å². The lowest BCUT2D eigenvalue weighted by molar-refractivity contribution is 0.155. The van der Waals surface area contributed by atoms with E-state index in [4.69, 9.17) is 0 Å². The highest BCUT2D eigenvalue weighted by molar-refractivity contribution is 7.73. The molecular weight excluding hydrogens is 861 g/mol. The standard InChI is InChI=1S/C9H32N3O27P9/c13-40(14,15)5-10(1-3-11(6(41(16,17)18)42(19,20)21)7(43(22,23)24)44(25,26)27)2-4-12(8(45(28,29)30)46(31,32)33)9(47(34,35)36)48(37,38)39/h6-9H,1-5H2,(H2,13,14,15)(H2,16,17,18)(H2,19,20,21)(H2,22,23,24)(H2,25,26,27)(H2,28,29,30)(H2,31,32,33)(H2,34,35,36)(H2,37,38,39). The van der Waals surface area contributed by atoms with Crippen LogP contribution in [0.25, 0.3) is 0 Å². The zero-order valence-corrected chi connectivity index (χ0v) is 31.0. The van der Waals surface area contributed by atoms with Gasteiger partial charge < -0.3 is 88.1 Å². The van der Waals surface area contributed by atoms with E-state index in [-0.39, 0.29) is 4.90 Å². The second-order valence-corrected chi connectivity index (χ2v) is 26.1. The number of hydrogen-bond donors (Lipinski definition) is 18. The third kappa shape index (κ3) is 15.7. The second-order valence-electron chi connectivity index (χ2n) is 9.50. The third-order valence-electron chi connectivity index (χ3n) is 5.33. The molecule has 0 aromatic heterocycles. The van der Waals surface area contributed by atoms with Crippen molar-refractivity contribution in [2.75, 3.05) is 32.5 Å². The smallest absolute Gasteiger partial charge is 0.324 e. The summed E-state index contributed by atoms with van der Waals surface area (Å²) in [6, 6.07) is 0. The van der Waals surface area contributed by atoms with Crippen molar-refractivity contribution in [2.45, 2.75) is 22.1 Å². The van der Waals surface area contributed by atoms with E-state index in [1.165, 1.54) is 0 Å². The molecule has 0 spiro atoms. The van der Waals surface area contributed by atoms with Crippen molar-refractivity contribution < 1.29 is 129 Å². The van der Waals surface area contributed by atoms with Gasteiger partial charge in [-0.1, -0.05) is 0 Å². The molecule has 0 saturated carbocycles. The van der Waals surface area contributed by atoms with E-state index in [0.29, 0.717) is 0 Å². The van der Waals surface area contributed by atoms with E-state index in [0.717, 1.165) is 0 Å². The van der Waals surface area contributed by atoms with Crippen molar-refractivity contribution in [1.29, 1.82) is 0 Å². The Bertz CT molecular complexity index is 1270. The minimum absolute atomic E-state index is 0.0560. The van der Waals surface area contributed by atoms with Crippen molar-refractivity contribution in [3.8, 4) is 0 Å². The Morgan fingerprint density at radius 1 is 0.312 bits per heavy atom. The summed E-state index contributed by atoms with van der Waals surface area (Å²) in [5.41, 5.74) is -15.3. The van der Waals surface area contributed by atoms with E-state index < -0.39 is 133 Å². The van der Waals surface area contributed by atoms with E-state index in [9.17, 15) is 129 Å². The van der Waals surface area contributed by atoms with Gasteiger partial charge in [0.25, 0.3) is 0 Å². The van der Waals surface area contributed by atoms with Gasteiger partial charge in [-0.2, -0.15) is 0 Å². The van der Waals surface area contributed by atoms with Crippen molar-refractivity contribution in [1.82, 2.24) is 14.7 Å². The molecule has 0 fully saturated rings. The van der Waals surface area contributed by atoms with Gasteiger partial charge in [0.05, 0.1) is 0 Å². The highest BCUT2D eigenvalue weighted by Gasteiger charge is 2.60. The molecule has 0 rings (SSSR count). The predicted octanol–water partition coefficient (Wildman–Crippen LogP) is -4.42. The zero-order valence-electron chi connectivity index (χ0n) is 22.9. The average molecular weight is 893 g/mol. The fourth-order valence-electron chi connectivity index (χ4n) is 4.06. The summed E-state index contributed by atoms with van der Waals surface area (Å²) >= 11 is 0. The Morgan fingerprint density at radius 3 is 0.604 bits per heavy atom. The molecule has 0 aliphatic heterocycles. The van der Waals surface area contributed by atoms with Crippen LogP contribution < -0.4 is 0 Å². The first-order chi connectivity index (χ1) is 20.5. The van der Waals surface area contributed by atoms with Crippen LogP contribution in [0, 0.1) is 0 Å². The van der Waals surface area contributed by atoms with Crippen LogP contribution >= 0.6 is 68.4 Å². The van der Waals surface area contributed by atoms with Crippen molar-refractivity contribution >= 4 is 68.4 Å². The molecule has 0 aromatic rings. The largest absolute Gasteiger partial charge is 0.355 e. The lowest BCUT2D eigenvalue weighted by atomic mass is 10.4. The van der Waals surface area contributed by atoms with Gasteiger partial charge >= 0.3 is 68.4 Å². The van der Waals surface area contributed by atoms with Crippen molar-refractivity contribution in [3.63, 3.8) is 0 Å². The molecule has 0 radical (unpaired) electrons. The van der Waals surface area contributed by atoms with Crippen LogP contribution in [-0.4, -0.2) is 157 Å². The molecule has 0 unspecified atom stereocenters. The van der Waals surface area contributed by atoms with Gasteiger partial charge in [0, 0.05) is 26.2 Å². The molecular formula is C9H32N3O27P9. The summed E-state index contributed by atoms with van der Waals surface area (Å²) in [5, 5.41) is 0. The summed E-state index contributed by atoms with van der Waals surface area (Å²) in [6.45, 7) is -6.80. The zero-order chi connectivity index (χ0) is 39.1. The van der Waals surface area contributed by atoms with Gasteiger partial charge in [-0.25, -0.2) is 0 Å². The highest BCUT2D eigenvalue weighted by atomic mass is 31.3. The van der Waals surface area contributed by atoms with Crippen molar-refractivity contribution in [2.24, 2.45) is 0 Å². The van der Waals surface area contributed by atoms with Gasteiger partial charge in [0.2, 0.25) is 22.1 Å². The summed E-state index contributed by atoms with van der Waals surface area (Å²) in [5.74, 6) is 0. The van der Waals surface area contributed by atoms with E-state index in [2.05, 4.69) is 0 Å². The van der Waals surface area contributed by atoms with Gasteiger partial charge in [-0.3, -0.25) is 55.8 Å². The maximum Gasteiger partial charge on any atom is 0.355 e. The first kappa shape index (κ1) is 49.2. The van der Waals surface area contributed by atoms with Crippen LogP contribution in [0.3, 0.4) is 0 Å². The van der Waals surface area contributed by atoms with Gasteiger partial charge in [-0.05, 0) is 0 Å². The van der Waals surface area contributed by atoms with Crippen LogP contribution in [0.5, 0.6) is 0 Å². The summed E-state index contributed by atoms with van der Waals surface area (Å²) in [7, 11) is -57.0. The quantitative estimate of drug-likeness (QED) is 0.0513. The average Bonchev–Trinajstić information content (AvgIpc) is 2.65. The molecule has 0 heterocycles. The summed E-state index contributed by atoms with van der Waals surface area (Å²) in [6.07, 6.45) is -1.78. The minimum Gasteiger partial charge on any atom is -0.324 e. The maximum absolute atomic E-state index is 12.0. The van der Waals surface area contributed by atoms with Crippen LogP contribution in [0.15, 0.2) is 0 Å². The Kier molecular flexibility index (Phi) is 16.7. The van der Waals surface area contributed by atoms with Gasteiger partial charge in [0.15, 0.2) is 0 Å². The molecule has 30 nitrogen and oxygen atoms in total. The molecule has 18 N–H and O–H groups in total. The summed E-state index contributed by atoms with van der Waals surface area (Å²) in [4.78, 5) is 170. The fourth-order valence-corrected chi connectivity index (χ4v) is 17.1. The van der Waals surface area contributed by atoms with Gasteiger partial charge in [-0.15, -0.1) is 0 Å². The number of nitrogens with zero attached hydrogens (tertiary/aromatic N) is 3. The Labute approximate surface area is 266 Å². The minimum atomic E-state index is -6.43. The first-order valence-electron chi connectivity index (χ1n) is 11.2. The molecule has 39 heteroatoms. The summed E-state index contributed by atoms with van der Waals surface area (Å²) < 4.78 is 108. The van der Waals surface area contributed by atoms with E-state index in [1.807, 2.05) is 0 Å². The number of hydrogen-bond acceptors (Lipinski definition) is 12. The normalized spacial score (nSPS) is 15.7. The maximum atomic E-state index is 12.0. The predicted molar refractivity (Wildman–Crippen MR) is 153 cm³/mol. The highest BCUT2D eigenvalue weighted by Crippen LogP contribution is 2.70. The molecule has 0 amide bonds. The molecule has 0 aliphatic carbocycles. The molecule has 0 aromatic carbocycles. The molecule has 0 bridgehead atoms. The Hall–Kier alpha value is 1.23. The third-order valence-corrected chi connectivity index (χ3v) is 20.5. The number of rotatable bonds is 20. The SMILES string of the molecule is O=P(O)(O)CN(CCN(C(P(=O)(O)O)P(=O)(O)O)C(P(=O)(O)O)P(=O)(O)O)CCN(C(P(=O)(O)O)P(=O)(O)O)C(P(=O)(O)O)P(=O)(O)O. The molecule has 0 atom stereocenters. The van der Waals surface area contributed by atoms with Crippen LogP contribution in [0.1, 0.15) is 0 Å². The molecule has 290 valence electrons. The Morgan fingerprint density at radius 2 is 0.479 bits per heavy atom. The van der Waals surface area contributed by atoms with Crippen LogP contribution in [0.2, 0.25) is 0 Å². The second kappa shape index (κ2) is 16.3. The monoisotopic (exact) mass is 893 g/mol. The lowest BCUT2D eigenvalue weighted by Crippen LogP contribution is -2.49. The molecule has 0 aliphatic rings. The fraction of sp³-hybridized carbons (Fsp3) is 1.00. The first-order valence-corrected chi connectivity index (χ1v) is 26.5. The van der Waals surface area contributed by atoms with Crippen LogP contribution in [0.4, 0.5) is 0 Å². The van der Waals surface area contributed by atoms with Crippen LogP contribution in [-0.2, 0) is 41.1 Å². The van der Waals surface area contributed by atoms with Gasteiger partial charge in [0.1, 0.15) is 6.29 Å². The Balaban J connectivity index is 7.45. The lowest BCUT2D eigenvalue weighted by Gasteiger charge is -2.40. The van der Waals surface area contributed by atoms with Crippen molar-refractivity contribution in [3.05, 3.63) is 0 Å². The molecule has 48 heavy (non-hydrogen) atoms. The topological polar surface area (TPSA) is 527 Å².